The second kappa shape index (κ2) is 5.98. The molecule has 15 heavy (non-hydrogen) atoms. The number of halogens is 3. The molecule has 0 aliphatic carbocycles. The van der Waals surface area contributed by atoms with E-state index in [4.69, 9.17) is 4.74 Å². The lowest BCUT2D eigenvalue weighted by Gasteiger charge is -2.06. The Morgan fingerprint density at radius 3 is 2.80 bits per heavy atom. The molecule has 0 heterocycles. The molecule has 0 spiro atoms. The minimum Gasteiger partial charge on any atom is -0.376 e. The largest absolute Gasteiger partial charge is 0.376 e. The molecule has 0 aromatic heterocycles. The Bertz CT molecular complexity index is 353. The molecule has 0 aliphatic heterocycles. The van der Waals surface area contributed by atoms with Gasteiger partial charge in [0.15, 0.2) is 0 Å². The summed E-state index contributed by atoms with van der Waals surface area (Å²) in [5.74, 6) is -1.19. The van der Waals surface area contributed by atoms with E-state index in [1.807, 2.05) is 0 Å². The molecule has 0 amide bonds. The normalized spacial score (nSPS) is 10.3. The van der Waals surface area contributed by atoms with Gasteiger partial charge in [0, 0.05) is 0 Å². The zero-order valence-electron chi connectivity index (χ0n) is 8.10. The Morgan fingerprint density at radius 1 is 1.40 bits per heavy atom. The molecular weight excluding hydrogens is 266 g/mol. The summed E-state index contributed by atoms with van der Waals surface area (Å²) in [6.45, 7) is 3.87. The van der Waals surface area contributed by atoms with Crippen LogP contribution in [0.4, 0.5) is 8.78 Å². The number of hydrogen-bond acceptors (Lipinski definition) is 1. The molecule has 0 atom stereocenters. The summed E-state index contributed by atoms with van der Waals surface area (Å²) in [6, 6.07) is 2.54. The van der Waals surface area contributed by atoms with Crippen molar-refractivity contribution in [2.45, 2.75) is 13.0 Å². The summed E-state index contributed by atoms with van der Waals surface area (Å²) >= 11 is 2.99. The van der Waals surface area contributed by atoms with Gasteiger partial charge >= 0.3 is 0 Å². The zero-order valence-corrected chi connectivity index (χ0v) is 9.69. The van der Waals surface area contributed by atoms with Crippen LogP contribution in [0.5, 0.6) is 0 Å². The molecular formula is C11H11BrF2O. The van der Waals surface area contributed by atoms with Crippen LogP contribution in [0, 0.1) is 11.6 Å². The molecule has 1 rings (SSSR count). The number of benzene rings is 1. The molecule has 0 saturated heterocycles. The van der Waals surface area contributed by atoms with Crippen molar-refractivity contribution in [3.63, 3.8) is 0 Å². The quantitative estimate of drug-likeness (QED) is 0.451. The smallest absolute Gasteiger partial charge is 0.145 e. The molecule has 0 saturated carbocycles. The topological polar surface area (TPSA) is 9.23 Å². The SMILES string of the molecule is C=CCCOCc1c(F)ccc(Br)c1F. The van der Waals surface area contributed by atoms with Gasteiger partial charge in [0.2, 0.25) is 0 Å². The third-order valence-corrected chi connectivity index (χ3v) is 2.46. The number of hydrogen-bond donors (Lipinski definition) is 0. The van der Waals surface area contributed by atoms with E-state index in [9.17, 15) is 8.78 Å². The molecule has 0 N–H and O–H groups in total. The van der Waals surface area contributed by atoms with Gasteiger partial charge in [-0.25, -0.2) is 8.78 Å². The predicted octanol–water partition coefficient (Wildman–Crippen LogP) is 3.82. The molecule has 0 aliphatic rings. The summed E-state index contributed by atoms with van der Waals surface area (Å²) in [5, 5.41) is 0. The highest BCUT2D eigenvalue weighted by atomic mass is 79.9. The van der Waals surface area contributed by atoms with Crippen molar-refractivity contribution >= 4 is 15.9 Å². The highest BCUT2D eigenvalue weighted by molar-refractivity contribution is 9.10. The average molecular weight is 277 g/mol. The van der Waals surface area contributed by atoms with Gasteiger partial charge in [0.1, 0.15) is 11.6 Å². The average Bonchev–Trinajstić information content (AvgIpc) is 2.23. The van der Waals surface area contributed by atoms with Crippen LogP contribution in [0.25, 0.3) is 0 Å². The minimum atomic E-state index is -0.603. The molecule has 82 valence electrons. The van der Waals surface area contributed by atoms with Gasteiger partial charge in [0.05, 0.1) is 23.2 Å². The zero-order chi connectivity index (χ0) is 11.3. The second-order valence-electron chi connectivity index (χ2n) is 2.95. The Morgan fingerprint density at radius 2 is 2.13 bits per heavy atom. The van der Waals surface area contributed by atoms with E-state index in [1.54, 1.807) is 6.08 Å². The van der Waals surface area contributed by atoms with E-state index >= 15 is 0 Å². The lowest BCUT2D eigenvalue weighted by molar-refractivity contribution is 0.120. The first-order valence-corrected chi connectivity index (χ1v) is 5.27. The van der Waals surface area contributed by atoms with E-state index in [2.05, 4.69) is 22.5 Å². The predicted molar refractivity (Wildman–Crippen MR) is 58.5 cm³/mol. The molecule has 1 aromatic carbocycles. The van der Waals surface area contributed by atoms with Gasteiger partial charge < -0.3 is 4.74 Å². The van der Waals surface area contributed by atoms with Crippen LogP contribution >= 0.6 is 15.9 Å². The fourth-order valence-electron chi connectivity index (χ4n) is 1.04. The molecule has 0 radical (unpaired) electrons. The highest BCUT2D eigenvalue weighted by Crippen LogP contribution is 2.22. The lowest BCUT2D eigenvalue weighted by atomic mass is 10.2. The van der Waals surface area contributed by atoms with E-state index in [-0.39, 0.29) is 16.6 Å². The van der Waals surface area contributed by atoms with Crippen LogP contribution in [0.2, 0.25) is 0 Å². The summed E-state index contributed by atoms with van der Waals surface area (Å²) in [5.41, 5.74) is -0.0477. The van der Waals surface area contributed by atoms with Crippen LogP contribution in [0.3, 0.4) is 0 Å². The molecule has 0 unspecified atom stereocenters. The maximum absolute atomic E-state index is 13.4. The van der Waals surface area contributed by atoms with Crippen LogP contribution < -0.4 is 0 Å². The van der Waals surface area contributed by atoms with Crippen molar-refractivity contribution < 1.29 is 13.5 Å². The molecule has 1 aromatic rings. The van der Waals surface area contributed by atoms with Gasteiger partial charge in [-0.2, -0.15) is 0 Å². The Labute approximate surface area is 95.9 Å². The Hall–Kier alpha value is -0.740. The summed E-state index contributed by atoms with van der Waals surface area (Å²) in [7, 11) is 0. The van der Waals surface area contributed by atoms with Crippen molar-refractivity contribution in [2.24, 2.45) is 0 Å². The van der Waals surface area contributed by atoms with E-state index in [0.717, 1.165) is 0 Å². The summed E-state index contributed by atoms with van der Waals surface area (Å²) in [6.07, 6.45) is 2.35. The van der Waals surface area contributed by atoms with E-state index in [1.165, 1.54) is 12.1 Å². The fraction of sp³-hybridized carbons (Fsp3) is 0.273. The van der Waals surface area contributed by atoms with Gasteiger partial charge in [-0.1, -0.05) is 6.08 Å². The van der Waals surface area contributed by atoms with E-state index < -0.39 is 11.6 Å². The Kier molecular flexibility index (Phi) is 4.91. The van der Waals surface area contributed by atoms with Crippen molar-refractivity contribution in [3.8, 4) is 0 Å². The first-order chi connectivity index (χ1) is 7.16. The molecule has 4 heteroatoms. The third kappa shape index (κ3) is 3.39. The highest BCUT2D eigenvalue weighted by Gasteiger charge is 2.11. The maximum atomic E-state index is 13.4. The van der Waals surface area contributed by atoms with Gasteiger partial charge in [-0.15, -0.1) is 6.58 Å². The lowest BCUT2D eigenvalue weighted by Crippen LogP contribution is -2.01. The maximum Gasteiger partial charge on any atom is 0.145 e. The summed E-state index contributed by atoms with van der Waals surface area (Å²) < 4.78 is 31.9. The van der Waals surface area contributed by atoms with Crippen molar-refractivity contribution in [1.82, 2.24) is 0 Å². The van der Waals surface area contributed by atoms with Gasteiger partial charge in [-0.05, 0) is 34.5 Å². The molecule has 0 fully saturated rings. The number of rotatable bonds is 5. The van der Waals surface area contributed by atoms with Gasteiger partial charge in [-0.3, -0.25) is 0 Å². The van der Waals surface area contributed by atoms with Gasteiger partial charge in [0.25, 0.3) is 0 Å². The summed E-state index contributed by atoms with van der Waals surface area (Å²) in [4.78, 5) is 0. The first-order valence-electron chi connectivity index (χ1n) is 4.48. The van der Waals surface area contributed by atoms with Crippen molar-refractivity contribution in [2.75, 3.05) is 6.61 Å². The molecule has 1 nitrogen and oxygen atoms in total. The van der Waals surface area contributed by atoms with Crippen molar-refractivity contribution in [1.29, 1.82) is 0 Å². The number of ether oxygens (including phenoxy) is 1. The fourth-order valence-corrected chi connectivity index (χ4v) is 1.41. The van der Waals surface area contributed by atoms with Crippen LogP contribution in [0.15, 0.2) is 29.3 Å². The van der Waals surface area contributed by atoms with Crippen LogP contribution in [-0.2, 0) is 11.3 Å². The van der Waals surface area contributed by atoms with Crippen LogP contribution in [0.1, 0.15) is 12.0 Å². The van der Waals surface area contributed by atoms with E-state index in [0.29, 0.717) is 13.0 Å². The first kappa shape index (κ1) is 12.3. The third-order valence-electron chi connectivity index (χ3n) is 1.85. The Balaban J connectivity index is 2.67. The van der Waals surface area contributed by atoms with Crippen LogP contribution in [-0.4, -0.2) is 6.61 Å². The second-order valence-corrected chi connectivity index (χ2v) is 3.81. The minimum absolute atomic E-state index is 0.0477. The molecule has 0 bridgehead atoms. The monoisotopic (exact) mass is 276 g/mol. The van der Waals surface area contributed by atoms with Crippen molar-refractivity contribution in [3.05, 3.63) is 46.5 Å². The standard InChI is InChI=1S/C11H11BrF2O/c1-2-3-6-15-7-8-10(13)5-4-9(12)11(8)14/h2,4-5H,1,3,6-7H2.